The molecule has 1 heterocycles. The van der Waals surface area contributed by atoms with E-state index in [1.165, 1.54) is 328 Å². The molecule has 1 aliphatic rings. The van der Waals surface area contributed by atoms with Gasteiger partial charge in [0.2, 0.25) is 11.4 Å². The molecule has 1 aliphatic heterocycles. The fourth-order valence-electron chi connectivity index (χ4n) is 12.1. The average Bonchev–Trinajstić information content (AvgIpc) is 3.83. The molecule has 0 amide bonds. The number of allylic oxidation sites excluding steroid dienone is 2. The fourth-order valence-corrected chi connectivity index (χ4v) is 13.3. The molecule has 2 nitrogen and oxygen atoms in total. The quantitative estimate of drug-likeness (QED) is 0.0358. The van der Waals surface area contributed by atoms with E-state index in [0.717, 1.165) is 67.5 Å². The molecule has 0 aromatic heterocycles. The van der Waals surface area contributed by atoms with Gasteiger partial charge in [0, 0.05) is 22.3 Å². The first-order chi connectivity index (χ1) is 39.6. The Morgan fingerprint density at radius 3 is 0.800 bits per heavy atom. The summed E-state index contributed by atoms with van der Waals surface area (Å²) in [7, 11) is 0. The number of benzene rings is 2. The zero-order chi connectivity index (χ0) is 57.5. The third-order valence-corrected chi connectivity index (χ3v) is 18.8. The SMILES string of the molecule is CCCCCC1=C(c2cccc(CCCC)c2)[N+](=[N-])C(c2cccc(CCCC)c2)=C1CCCC.CCCCCCCCCCCCCCCCCCCCC[CH2][Ni][CH2]CCCCCCCCCCCCCCCCCCCCC. The fraction of sp³-hybridized carbons (Fsp3) is 0.792. The Kier molecular flexibility index (Phi) is 52.0. The number of nitrogens with zero attached hydrogens (tertiary/aromatic N) is 2. The summed E-state index contributed by atoms with van der Waals surface area (Å²) in [6.45, 7) is 13.6. The average molecular weight is 1150 g/mol. The number of rotatable bonds is 57. The van der Waals surface area contributed by atoms with Crippen molar-refractivity contribution >= 4 is 11.4 Å². The second-order valence-electron chi connectivity index (χ2n) is 25.0. The molecule has 3 heteroatoms. The summed E-state index contributed by atoms with van der Waals surface area (Å²) < 4.78 is 1.55. The Hall–Kier alpha value is -1.99. The number of hydrogen-bond donors (Lipinski definition) is 0. The second kappa shape index (κ2) is 56.2. The van der Waals surface area contributed by atoms with E-state index in [-0.39, 0.29) is 0 Å². The standard InChI is InChI=1S/C33H46N2.2C22H45.Ni/c1-5-9-13-23-31-30(22-12-8-4)32(28-20-14-18-26(24-28)16-10-6-2)35(34)33(31)29-21-15-19-27(25-29)17-11-7-3;2*1-3-5-7-9-11-13-15-17-19-21-22-20-18-16-14-12-10-8-6-4-2;/h14-15,18-21,24-25H,5-13,16-17,22-23H2,1-4H3;2*1,3-22H2,2H3;. The van der Waals surface area contributed by atoms with Crippen LogP contribution in [0, 0.1) is 0 Å². The molecule has 3 rings (SSSR count). The minimum Gasteiger partial charge on any atom is -0.0654 e. The molecular formula is C77H136N2Ni. The summed E-state index contributed by atoms with van der Waals surface area (Å²) in [4.78, 5) is 0. The number of aryl methyl sites for hydroxylation is 2. The zero-order valence-electron chi connectivity index (χ0n) is 54.7. The number of hydrogen-bond acceptors (Lipinski definition) is 0. The molecule has 0 unspecified atom stereocenters. The van der Waals surface area contributed by atoms with Gasteiger partial charge in [0.15, 0.2) is 0 Å². The van der Waals surface area contributed by atoms with Crippen LogP contribution in [0.3, 0.4) is 0 Å². The van der Waals surface area contributed by atoms with Gasteiger partial charge in [0.05, 0.1) is 0 Å². The maximum absolute atomic E-state index is 11.8. The van der Waals surface area contributed by atoms with Crippen molar-refractivity contribution in [2.45, 2.75) is 393 Å². The molecule has 0 radical (unpaired) electrons. The van der Waals surface area contributed by atoms with Crippen molar-refractivity contribution in [1.82, 2.24) is 0 Å². The molecule has 0 saturated carbocycles. The van der Waals surface area contributed by atoms with Crippen molar-refractivity contribution in [3.05, 3.63) is 87.5 Å². The molecule has 0 saturated heterocycles. The summed E-state index contributed by atoms with van der Waals surface area (Å²) in [5.41, 5.74) is 21.6. The maximum atomic E-state index is 11.8. The topological polar surface area (TPSA) is 25.3 Å². The van der Waals surface area contributed by atoms with Crippen LogP contribution in [0.15, 0.2) is 59.7 Å². The van der Waals surface area contributed by atoms with Crippen LogP contribution < -0.4 is 0 Å². The van der Waals surface area contributed by atoms with Gasteiger partial charge in [0.25, 0.3) is 0 Å². The van der Waals surface area contributed by atoms with E-state index in [1.54, 1.807) is 4.70 Å². The Bertz CT molecular complexity index is 1710. The van der Waals surface area contributed by atoms with Gasteiger partial charge in [-0.05, 0) is 86.8 Å². The van der Waals surface area contributed by atoms with Crippen molar-refractivity contribution in [3.63, 3.8) is 0 Å². The third-order valence-electron chi connectivity index (χ3n) is 17.4. The van der Waals surface area contributed by atoms with Gasteiger partial charge in [-0.3, -0.25) is 0 Å². The van der Waals surface area contributed by atoms with Crippen molar-refractivity contribution in [3.8, 4) is 0 Å². The number of unbranched alkanes of at least 4 members (excludes halogenated alkanes) is 43. The first kappa shape index (κ1) is 74.1. The van der Waals surface area contributed by atoms with Crippen molar-refractivity contribution in [1.29, 1.82) is 0 Å². The predicted octanol–water partition coefficient (Wildman–Crippen LogP) is 27.9. The molecule has 0 spiro atoms. The second-order valence-corrected chi connectivity index (χ2v) is 26.5. The van der Waals surface area contributed by atoms with E-state index in [0.29, 0.717) is 0 Å². The van der Waals surface area contributed by atoms with E-state index >= 15 is 0 Å². The van der Waals surface area contributed by atoms with Gasteiger partial charge < -0.3 is 5.53 Å². The van der Waals surface area contributed by atoms with Crippen molar-refractivity contribution in [2.24, 2.45) is 0 Å². The molecule has 2 aromatic rings. The van der Waals surface area contributed by atoms with Gasteiger partial charge in [-0.15, -0.1) is 0 Å². The van der Waals surface area contributed by atoms with Crippen LogP contribution in [0.2, 0.25) is 10.8 Å². The summed E-state index contributed by atoms with van der Waals surface area (Å²) in [5.74, 6) is 0. The van der Waals surface area contributed by atoms with Gasteiger partial charge in [0.1, 0.15) is 0 Å². The first-order valence-corrected chi connectivity index (χ1v) is 37.5. The monoisotopic (exact) mass is 1150 g/mol. The Morgan fingerprint density at radius 2 is 0.512 bits per heavy atom. The Balaban J connectivity index is 0.000000561. The minimum absolute atomic E-state index is 1.01. The molecule has 0 bridgehead atoms. The summed E-state index contributed by atoms with van der Waals surface area (Å²) in [5, 5.41) is 2.87. The molecule has 0 fully saturated rings. The summed E-state index contributed by atoms with van der Waals surface area (Å²) in [6.07, 6.45) is 74.1. The Morgan fingerprint density at radius 1 is 0.275 bits per heavy atom. The molecule has 2 aromatic carbocycles. The zero-order valence-corrected chi connectivity index (χ0v) is 55.7. The molecule has 0 N–H and O–H groups in total. The van der Waals surface area contributed by atoms with E-state index in [1.807, 2.05) is 14.4 Å². The summed E-state index contributed by atoms with van der Waals surface area (Å²) >= 11 is 2.05. The van der Waals surface area contributed by atoms with Crippen LogP contribution in [0.5, 0.6) is 0 Å². The normalized spacial score (nSPS) is 12.7. The van der Waals surface area contributed by atoms with E-state index in [9.17, 15) is 5.53 Å². The van der Waals surface area contributed by atoms with Gasteiger partial charge in [-0.25, -0.2) is 4.70 Å². The van der Waals surface area contributed by atoms with Crippen molar-refractivity contribution < 1.29 is 19.1 Å². The van der Waals surface area contributed by atoms with Crippen LogP contribution in [-0.2, 0) is 27.3 Å². The van der Waals surface area contributed by atoms with Crippen molar-refractivity contribution in [2.75, 3.05) is 0 Å². The molecule has 0 aliphatic carbocycles. The van der Waals surface area contributed by atoms with Gasteiger partial charge in [-0.1, -0.05) is 213 Å². The Labute approximate surface area is 507 Å². The smallest absolute Gasteiger partial charge is 0.0654 e. The van der Waals surface area contributed by atoms with Crippen LogP contribution >= 0.6 is 0 Å². The van der Waals surface area contributed by atoms with E-state index in [2.05, 4.69) is 90.1 Å². The molecule has 80 heavy (non-hydrogen) atoms. The molecule has 0 atom stereocenters. The van der Waals surface area contributed by atoms with E-state index < -0.39 is 0 Å². The van der Waals surface area contributed by atoms with Gasteiger partial charge in [-0.2, -0.15) is 0 Å². The minimum atomic E-state index is 1.01. The van der Waals surface area contributed by atoms with Crippen LogP contribution in [0.1, 0.15) is 391 Å². The first-order valence-electron chi connectivity index (χ1n) is 36.1. The van der Waals surface area contributed by atoms with E-state index in [4.69, 9.17) is 0 Å². The van der Waals surface area contributed by atoms with Crippen LogP contribution in [0.4, 0.5) is 0 Å². The molecule has 464 valence electrons. The molecular weight excluding hydrogens is 1010 g/mol. The summed E-state index contributed by atoms with van der Waals surface area (Å²) in [6, 6.07) is 17.8. The third kappa shape index (κ3) is 38.8. The van der Waals surface area contributed by atoms with Crippen LogP contribution in [0.25, 0.3) is 16.9 Å². The predicted molar refractivity (Wildman–Crippen MR) is 357 cm³/mol. The van der Waals surface area contributed by atoms with Crippen LogP contribution in [-0.4, -0.2) is 4.70 Å². The van der Waals surface area contributed by atoms with Gasteiger partial charge >= 0.3 is 166 Å².